The molecule has 144 valence electrons. The first-order chi connectivity index (χ1) is 12.9. The number of carboxylic acid groups (broad SMARTS) is 1. The minimum atomic E-state index is -0.898. The molecule has 7 nitrogen and oxygen atoms in total. The molecule has 1 fully saturated rings. The predicted octanol–water partition coefficient (Wildman–Crippen LogP) is 2.27. The van der Waals surface area contributed by atoms with E-state index in [2.05, 4.69) is 5.32 Å². The normalized spacial score (nSPS) is 15.3. The Kier molecular flexibility index (Phi) is 7.81. The van der Waals surface area contributed by atoms with Gasteiger partial charge in [0.25, 0.3) is 5.91 Å². The Bertz CT molecular complexity index is 762. The SMILES string of the molecule is COc1ccc(/C=C2\SC(=S)N(CCC(=O)NCCCC(=O)O)C2=O)cc1. The van der Waals surface area contributed by atoms with Crippen LogP contribution in [0.4, 0.5) is 0 Å². The largest absolute Gasteiger partial charge is 0.497 e. The van der Waals surface area contributed by atoms with E-state index in [0.717, 1.165) is 11.3 Å². The number of nitrogens with one attached hydrogen (secondary N) is 1. The van der Waals surface area contributed by atoms with E-state index in [1.807, 2.05) is 12.1 Å². The quantitative estimate of drug-likeness (QED) is 0.368. The van der Waals surface area contributed by atoms with Gasteiger partial charge in [-0.3, -0.25) is 19.3 Å². The summed E-state index contributed by atoms with van der Waals surface area (Å²) in [4.78, 5) is 36.7. The van der Waals surface area contributed by atoms with Crippen molar-refractivity contribution in [2.24, 2.45) is 0 Å². The first kappa shape index (κ1) is 20.9. The van der Waals surface area contributed by atoms with Gasteiger partial charge in [0, 0.05) is 25.9 Å². The molecule has 2 amide bonds. The monoisotopic (exact) mass is 408 g/mol. The van der Waals surface area contributed by atoms with Gasteiger partial charge in [0.1, 0.15) is 10.1 Å². The minimum absolute atomic E-state index is 0.00509. The summed E-state index contributed by atoms with van der Waals surface area (Å²) in [7, 11) is 1.59. The van der Waals surface area contributed by atoms with E-state index < -0.39 is 5.97 Å². The Morgan fingerprint density at radius 3 is 2.63 bits per heavy atom. The lowest BCUT2D eigenvalue weighted by Gasteiger charge is -2.14. The van der Waals surface area contributed by atoms with Crippen LogP contribution in [0, 0.1) is 0 Å². The van der Waals surface area contributed by atoms with Crippen molar-refractivity contribution in [1.82, 2.24) is 10.2 Å². The molecule has 2 rings (SSSR count). The Morgan fingerprint density at radius 2 is 2.00 bits per heavy atom. The molecule has 1 aliphatic rings. The Morgan fingerprint density at radius 1 is 1.30 bits per heavy atom. The van der Waals surface area contributed by atoms with Crippen molar-refractivity contribution >= 4 is 52.2 Å². The number of carbonyl (C=O) groups is 3. The number of methoxy groups -OCH3 is 1. The molecule has 0 aromatic heterocycles. The molecule has 1 aliphatic heterocycles. The zero-order valence-electron chi connectivity index (χ0n) is 14.8. The van der Waals surface area contributed by atoms with Crippen molar-refractivity contribution in [3.63, 3.8) is 0 Å². The van der Waals surface area contributed by atoms with Gasteiger partial charge in [-0.25, -0.2) is 0 Å². The van der Waals surface area contributed by atoms with Gasteiger partial charge < -0.3 is 15.2 Å². The van der Waals surface area contributed by atoms with Crippen molar-refractivity contribution in [2.75, 3.05) is 20.2 Å². The van der Waals surface area contributed by atoms with Gasteiger partial charge in [0.15, 0.2) is 0 Å². The topological polar surface area (TPSA) is 95.9 Å². The van der Waals surface area contributed by atoms with Crippen LogP contribution >= 0.6 is 24.0 Å². The number of amides is 2. The first-order valence-corrected chi connectivity index (χ1v) is 9.51. The molecular weight excluding hydrogens is 388 g/mol. The summed E-state index contributed by atoms with van der Waals surface area (Å²) in [5.74, 6) is -0.632. The highest BCUT2D eigenvalue weighted by atomic mass is 32.2. The number of thiocarbonyl (C=S) groups is 1. The van der Waals surface area contributed by atoms with Crippen LogP contribution in [-0.2, 0) is 14.4 Å². The molecule has 1 heterocycles. The molecule has 9 heteroatoms. The third-order valence-corrected chi connectivity index (χ3v) is 5.12. The van der Waals surface area contributed by atoms with Crippen molar-refractivity contribution in [3.8, 4) is 5.75 Å². The Balaban J connectivity index is 1.86. The lowest BCUT2D eigenvalue weighted by Crippen LogP contribution is -2.33. The summed E-state index contributed by atoms with van der Waals surface area (Å²) in [5.41, 5.74) is 0.854. The van der Waals surface area contributed by atoms with Crippen LogP contribution in [0.15, 0.2) is 29.2 Å². The minimum Gasteiger partial charge on any atom is -0.497 e. The van der Waals surface area contributed by atoms with Crippen molar-refractivity contribution in [1.29, 1.82) is 0 Å². The summed E-state index contributed by atoms with van der Waals surface area (Å²) in [5, 5.41) is 11.2. The average molecular weight is 409 g/mol. The van der Waals surface area contributed by atoms with E-state index in [-0.39, 0.29) is 31.2 Å². The molecule has 0 unspecified atom stereocenters. The van der Waals surface area contributed by atoms with E-state index in [9.17, 15) is 14.4 Å². The maximum Gasteiger partial charge on any atom is 0.303 e. The standard InChI is InChI=1S/C18H20N2O5S2/c1-25-13-6-4-12(5-7-13)11-14-17(24)20(18(26)27-14)10-8-15(21)19-9-2-3-16(22)23/h4-7,11H,2-3,8-10H2,1H3,(H,19,21)(H,22,23)/b14-11-. The van der Waals surface area contributed by atoms with Crippen LogP contribution in [0.1, 0.15) is 24.8 Å². The molecule has 0 aliphatic carbocycles. The maximum absolute atomic E-state index is 12.5. The molecular formula is C18H20N2O5S2. The smallest absolute Gasteiger partial charge is 0.303 e. The molecule has 0 spiro atoms. The summed E-state index contributed by atoms with van der Waals surface area (Å²) in [6, 6.07) is 7.30. The zero-order valence-corrected chi connectivity index (χ0v) is 16.4. The Labute approximate surface area is 166 Å². The number of rotatable bonds is 9. The zero-order chi connectivity index (χ0) is 19.8. The molecule has 0 saturated carbocycles. The van der Waals surface area contributed by atoms with Crippen LogP contribution in [-0.4, -0.2) is 52.3 Å². The van der Waals surface area contributed by atoms with Gasteiger partial charge in [-0.15, -0.1) is 0 Å². The number of benzene rings is 1. The first-order valence-electron chi connectivity index (χ1n) is 8.28. The predicted molar refractivity (Wildman–Crippen MR) is 107 cm³/mol. The average Bonchev–Trinajstić information content (AvgIpc) is 2.90. The van der Waals surface area contributed by atoms with Gasteiger partial charge in [0.2, 0.25) is 5.91 Å². The number of nitrogens with zero attached hydrogens (tertiary/aromatic N) is 1. The number of thioether (sulfide) groups is 1. The number of carboxylic acids is 1. The third kappa shape index (κ3) is 6.37. The van der Waals surface area contributed by atoms with Crippen molar-refractivity contribution in [3.05, 3.63) is 34.7 Å². The maximum atomic E-state index is 12.5. The number of ether oxygens (including phenoxy) is 1. The number of hydrogen-bond acceptors (Lipinski definition) is 6. The molecule has 27 heavy (non-hydrogen) atoms. The van der Waals surface area contributed by atoms with Crippen LogP contribution in [0.25, 0.3) is 6.08 Å². The van der Waals surface area contributed by atoms with Gasteiger partial charge in [-0.1, -0.05) is 36.1 Å². The molecule has 1 aromatic carbocycles. The van der Waals surface area contributed by atoms with Crippen molar-refractivity contribution in [2.45, 2.75) is 19.3 Å². The summed E-state index contributed by atoms with van der Waals surface area (Å²) in [6.07, 6.45) is 2.23. The molecule has 0 bridgehead atoms. The van der Waals surface area contributed by atoms with Crippen LogP contribution < -0.4 is 10.1 Å². The fourth-order valence-electron chi connectivity index (χ4n) is 2.31. The molecule has 2 N–H and O–H groups in total. The van der Waals surface area contributed by atoms with Gasteiger partial charge >= 0.3 is 5.97 Å². The fraction of sp³-hybridized carbons (Fsp3) is 0.333. The highest BCUT2D eigenvalue weighted by Crippen LogP contribution is 2.32. The fourth-order valence-corrected chi connectivity index (χ4v) is 3.62. The third-order valence-electron chi connectivity index (χ3n) is 3.74. The number of carbonyl (C=O) groups excluding carboxylic acids is 2. The lowest BCUT2D eigenvalue weighted by molar-refractivity contribution is -0.137. The van der Waals surface area contributed by atoms with Crippen LogP contribution in [0.3, 0.4) is 0 Å². The van der Waals surface area contributed by atoms with E-state index in [4.69, 9.17) is 22.1 Å². The van der Waals surface area contributed by atoms with E-state index in [1.54, 1.807) is 25.3 Å². The van der Waals surface area contributed by atoms with Gasteiger partial charge in [-0.05, 0) is 30.2 Å². The van der Waals surface area contributed by atoms with Crippen molar-refractivity contribution < 1.29 is 24.2 Å². The molecule has 1 aromatic rings. The van der Waals surface area contributed by atoms with Crippen LogP contribution in [0.2, 0.25) is 0 Å². The van der Waals surface area contributed by atoms with E-state index >= 15 is 0 Å². The molecule has 0 radical (unpaired) electrons. The second-order valence-corrected chi connectivity index (χ2v) is 7.38. The molecule has 0 atom stereocenters. The van der Waals surface area contributed by atoms with Gasteiger partial charge in [0.05, 0.1) is 12.0 Å². The Hall–Kier alpha value is -2.39. The van der Waals surface area contributed by atoms with E-state index in [0.29, 0.717) is 22.2 Å². The highest BCUT2D eigenvalue weighted by molar-refractivity contribution is 8.26. The van der Waals surface area contributed by atoms with Gasteiger partial charge in [-0.2, -0.15) is 0 Å². The number of aliphatic carboxylic acids is 1. The lowest BCUT2D eigenvalue weighted by atomic mass is 10.2. The van der Waals surface area contributed by atoms with E-state index in [1.165, 1.54) is 16.7 Å². The summed E-state index contributed by atoms with van der Waals surface area (Å²) < 4.78 is 5.52. The summed E-state index contributed by atoms with van der Waals surface area (Å²) in [6.45, 7) is 0.482. The second-order valence-electron chi connectivity index (χ2n) is 5.70. The summed E-state index contributed by atoms with van der Waals surface area (Å²) >= 11 is 6.45. The number of hydrogen-bond donors (Lipinski definition) is 2. The second kappa shape index (κ2) is 10.1. The molecule has 1 saturated heterocycles. The highest BCUT2D eigenvalue weighted by Gasteiger charge is 2.32. The van der Waals surface area contributed by atoms with Crippen LogP contribution in [0.5, 0.6) is 5.75 Å².